The molecule has 9 heteroatoms. The van der Waals surface area contributed by atoms with Gasteiger partial charge in [-0.15, -0.1) is 5.10 Å². The van der Waals surface area contributed by atoms with Gasteiger partial charge in [0, 0.05) is 16.8 Å². The van der Waals surface area contributed by atoms with Crippen LogP contribution in [0, 0.1) is 13.8 Å². The zero-order valence-corrected chi connectivity index (χ0v) is 18.7. The number of pyridine rings is 1. The van der Waals surface area contributed by atoms with Gasteiger partial charge >= 0.3 is 0 Å². The average Bonchev–Trinajstić information content (AvgIpc) is 3.46. The highest BCUT2D eigenvalue weighted by Crippen LogP contribution is 2.36. The molecule has 34 heavy (non-hydrogen) atoms. The highest BCUT2D eigenvalue weighted by molar-refractivity contribution is 6.13. The van der Waals surface area contributed by atoms with Gasteiger partial charge in [0.2, 0.25) is 0 Å². The first kappa shape index (κ1) is 20.2. The number of hydrogen-bond acceptors (Lipinski definition) is 7. The largest absolute Gasteiger partial charge is 0.335 e. The van der Waals surface area contributed by atoms with Crippen LogP contribution in [0.15, 0.2) is 59.1 Å². The Morgan fingerprint density at radius 2 is 1.76 bits per heavy atom. The second-order valence-electron chi connectivity index (χ2n) is 8.58. The SMILES string of the molecule is Cc1ccc(-c2cc(C(=O)Nc3ccc(-c4nnnn4C4CC4)cc3)c3c(C)noc3n2)cc1. The lowest BCUT2D eigenvalue weighted by atomic mass is 10.0. The van der Waals surface area contributed by atoms with E-state index in [0.717, 1.165) is 35.4 Å². The summed E-state index contributed by atoms with van der Waals surface area (Å²) >= 11 is 0. The third-order valence-corrected chi connectivity index (χ3v) is 6.00. The molecule has 3 aromatic heterocycles. The second kappa shape index (κ2) is 7.87. The summed E-state index contributed by atoms with van der Waals surface area (Å²) in [5.74, 6) is 0.474. The predicted octanol–water partition coefficient (Wildman–Crippen LogP) is 4.75. The fourth-order valence-electron chi connectivity index (χ4n) is 4.00. The van der Waals surface area contributed by atoms with Crippen molar-refractivity contribution in [3.05, 3.63) is 71.4 Å². The van der Waals surface area contributed by atoms with Crippen LogP contribution in [0.25, 0.3) is 33.7 Å². The number of fused-ring (bicyclic) bond motifs is 1. The molecule has 5 aromatic rings. The lowest BCUT2D eigenvalue weighted by Crippen LogP contribution is -2.13. The van der Waals surface area contributed by atoms with Crippen molar-refractivity contribution in [3.8, 4) is 22.6 Å². The molecule has 1 aliphatic rings. The van der Waals surface area contributed by atoms with Crippen LogP contribution < -0.4 is 5.32 Å². The first-order valence-corrected chi connectivity index (χ1v) is 11.1. The maximum Gasteiger partial charge on any atom is 0.259 e. The number of rotatable bonds is 5. The van der Waals surface area contributed by atoms with Crippen molar-refractivity contribution >= 4 is 22.7 Å². The summed E-state index contributed by atoms with van der Waals surface area (Å²) in [7, 11) is 0. The Labute approximate surface area is 194 Å². The maximum atomic E-state index is 13.3. The molecule has 1 saturated carbocycles. The van der Waals surface area contributed by atoms with Crippen LogP contribution in [0.2, 0.25) is 0 Å². The number of tetrazole rings is 1. The summed E-state index contributed by atoms with van der Waals surface area (Å²) in [6.07, 6.45) is 2.19. The van der Waals surface area contributed by atoms with Crippen molar-refractivity contribution < 1.29 is 9.32 Å². The molecule has 0 spiro atoms. The van der Waals surface area contributed by atoms with Crippen molar-refractivity contribution in [1.82, 2.24) is 30.3 Å². The highest BCUT2D eigenvalue weighted by atomic mass is 16.5. The summed E-state index contributed by atoms with van der Waals surface area (Å²) in [6.45, 7) is 3.82. The lowest BCUT2D eigenvalue weighted by molar-refractivity contribution is 0.102. The van der Waals surface area contributed by atoms with Crippen LogP contribution in [0.5, 0.6) is 0 Å². The summed E-state index contributed by atoms with van der Waals surface area (Å²) in [5, 5.41) is 19.7. The van der Waals surface area contributed by atoms with Gasteiger partial charge in [0.15, 0.2) is 5.82 Å². The minimum absolute atomic E-state index is 0.261. The monoisotopic (exact) mass is 451 g/mol. The van der Waals surface area contributed by atoms with E-state index >= 15 is 0 Å². The molecule has 1 amide bonds. The third-order valence-electron chi connectivity index (χ3n) is 6.00. The van der Waals surface area contributed by atoms with Gasteiger partial charge in [-0.25, -0.2) is 9.67 Å². The van der Waals surface area contributed by atoms with Gasteiger partial charge in [-0.05, 0) is 67.4 Å². The third kappa shape index (κ3) is 3.61. The normalized spacial score (nSPS) is 13.4. The first-order valence-electron chi connectivity index (χ1n) is 11.1. The Morgan fingerprint density at radius 1 is 1.03 bits per heavy atom. The van der Waals surface area contributed by atoms with Crippen LogP contribution in [0.4, 0.5) is 5.69 Å². The van der Waals surface area contributed by atoms with Crippen LogP contribution >= 0.6 is 0 Å². The topological polar surface area (TPSA) is 112 Å². The van der Waals surface area contributed by atoms with E-state index in [1.54, 1.807) is 13.0 Å². The smallest absolute Gasteiger partial charge is 0.259 e. The molecular formula is C25H21N7O2. The van der Waals surface area contributed by atoms with E-state index in [1.807, 2.05) is 60.1 Å². The molecule has 168 valence electrons. The molecule has 0 aliphatic heterocycles. The first-order chi connectivity index (χ1) is 16.6. The number of nitrogens with one attached hydrogen (secondary N) is 1. The molecule has 6 rings (SSSR count). The van der Waals surface area contributed by atoms with Crippen molar-refractivity contribution in [1.29, 1.82) is 0 Å². The van der Waals surface area contributed by atoms with Gasteiger partial charge in [0.05, 0.1) is 28.4 Å². The number of aryl methyl sites for hydroxylation is 2. The Kier molecular flexibility index (Phi) is 4.68. The summed E-state index contributed by atoms with van der Waals surface area (Å²) in [4.78, 5) is 17.9. The molecule has 1 N–H and O–H groups in total. The fourth-order valence-corrected chi connectivity index (χ4v) is 4.00. The van der Waals surface area contributed by atoms with Crippen LogP contribution in [-0.4, -0.2) is 36.3 Å². The van der Waals surface area contributed by atoms with Crippen LogP contribution in [-0.2, 0) is 0 Å². The molecule has 1 fully saturated rings. The zero-order valence-electron chi connectivity index (χ0n) is 18.7. The predicted molar refractivity (Wildman–Crippen MR) is 126 cm³/mol. The highest BCUT2D eigenvalue weighted by Gasteiger charge is 2.28. The van der Waals surface area contributed by atoms with Crippen molar-refractivity contribution in [2.24, 2.45) is 0 Å². The molecule has 3 heterocycles. The number of anilines is 1. The number of benzene rings is 2. The van der Waals surface area contributed by atoms with Gasteiger partial charge in [-0.3, -0.25) is 4.79 Å². The van der Waals surface area contributed by atoms with Gasteiger partial charge in [0.1, 0.15) is 0 Å². The van der Waals surface area contributed by atoms with Gasteiger partial charge in [-0.2, -0.15) is 0 Å². The van der Waals surface area contributed by atoms with E-state index in [1.165, 1.54) is 0 Å². The number of carbonyl (C=O) groups is 1. The molecule has 0 unspecified atom stereocenters. The lowest BCUT2D eigenvalue weighted by Gasteiger charge is -2.09. The number of amides is 1. The van der Waals surface area contributed by atoms with E-state index < -0.39 is 0 Å². The molecule has 0 atom stereocenters. The second-order valence-corrected chi connectivity index (χ2v) is 8.58. The van der Waals surface area contributed by atoms with E-state index in [2.05, 4.69) is 31.0 Å². The molecule has 1 aliphatic carbocycles. The quantitative estimate of drug-likeness (QED) is 0.410. The van der Waals surface area contributed by atoms with Gasteiger partial charge < -0.3 is 9.84 Å². The minimum atomic E-state index is -0.261. The van der Waals surface area contributed by atoms with Crippen LogP contribution in [0.3, 0.4) is 0 Å². The number of aromatic nitrogens is 6. The molecule has 0 radical (unpaired) electrons. The average molecular weight is 451 g/mol. The van der Waals surface area contributed by atoms with E-state index in [9.17, 15) is 4.79 Å². The Balaban J connectivity index is 1.31. The van der Waals surface area contributed by atoms with E-state index in [-0.39, 0.29) is 5.91 Å². The molecule has 2 aromatic carbocycles. The fraction of sp³-hybridized carbons (Fsp3) is 0.200. The minimum Gasteiger partial charge on any atom is -0.335 e. The summed E-state index contributed by atoms with van der Waals surface area (Å²) < 4.78 is 7.27. The number of hydrogen-bond donors (Lipinski definition) is 1. The number of nitrogens with zero attached hydrogens (tertiary/aromatic N) is 6. The van der Waals surface area contributed by atoms with Gasteiger partial charge in [0.25, 0.3) is 11.6 Å². The van der Waals surface area contributed by atoms with Crippen molar-refractivity contribution in [2.75, 3.05) is 5.32 Å². The molecule has 9 nitrogen and oxygen atoms in total. The van der Waals surface area contributed by atoms with Crippen molar-refractivity contribution in [3.63, 3.8) is 0 Å². The van der Waals surface area contributed by atoms with Gasteiger partial charge in [-0.1, -0.05) is 35.0 Å². The molecular weight excluding hydrogens is 430 g/mol. The van der Waals surface area contributed by atoms with E-state index in [0.29, 0.717) is 39.8 Å². The van der Waals surface area contributed by atoms with Crippen molar-refractivity contribution in [2.45, 2.75) is 32.7 Å². The number of carbonyl (C=O) groups excluding carboxylic acids is 1. The Morgan fingerprint density at radius 3 is 2.50 bits per heavy atom. The van der Waals surface area contributed by atoms with Crippen LogP contribution in [0.1, 0.15) is 40.5 Å². The zero-order chi connectivity index (χ0) is 23.2. The Bertz CT molecular complexity index is 1510. The maximum absolute atomic E-state index is 13.3. The Hall–Kier alpha value is -4.40. The molecule has 0 bridgehead atoms. The summed E-state index contributed by atoms with van der Waals surface area (Å²) in [5.41, 5.74) is 5.67. The summed E-state index contributed by atoms with van der Waals surface area (Å²) in [6, 6.07) is 17.6. The van der Waals surface area contributed by atoms with E-state index in [4.69, 9.17) is 4.52 Å². The standard InChI is InChI=1S/C25H21N7O2/c1-14-3-5-16(6-4-14)21-13-20(22-15(2)29-34-25(22)27-21)24(33)26-18-9-7-17(8-10-18)23-28-30-31-32(23)19-11-12-19/h3-10,13,19H,11-12H2,1-2H3,(H,26,33). The molecule has 0 saturated heterocycles.